The summed E-state index contributed by atoms with van der Waals surface area (Å²) in [5.74, 6) is -0.383. The Morgan fingerprint density at radius 1 is 0.889 bits per heavy atom. The molecule has 0 spiro atoms. The van der Waals surface area contributed by atoms with Gasteiger partial charge >= 0.3 is 11.9 Å². The van der Waals surface area contributed by atoms with Crippen LogP contribution in [0.5, 0.6) is 5.75 Å². The van der Waals surface area contributed by atoms with Gasteiger partial charge in [0.2, 0.25) is 0 Å². The molecule has 0 bridgehead atoms. The molecule has 2 aromatic rings. The second-order valence-electron chi connectivity index (χ2n) is 7.14. The molecular weight excluding hydrogens is 344 g/mol. The molecule has 3 rings (SSSR count). The van der Waals surface area contributed by atoms with Gasteiger partial charge in [0, 0.05) is 5.41 Å². The zero-order chi connectivity index (χ0) is 19.7. The van der Waals surface area contributed by atoms with Crippen molar-refractivity contribution in [1.82, 2.24) is 0 Å². The maximum Gasteiger partial charge on any atom is 0.323 e. The molecule has 0 saturated carbocycles. The summed E-state index contributed by atoms with van der Waals surface area (Å²) in [6.07, 6.45) is 0.525. The molecule has 1 atom stereocenters. The maximum absolute atomic E-state index is 12.8. The predicted octanol–water partition coefficient (Wildman–Crippen LogP) is 3.28. The highest BCUT2D eigenvalue weighted by Gasteiger charge is 2.56. The van der Waals surface area contributed by atoms with Gasteiger partial charge in [0.15, 0.2) is 5.41 Å². The van der Waals surface area contributed by atoms with Gasteiger partial charge in [-0.3, -0.25) is 9.59 Å². The van der Waals surface area contributed by atoms with E-state index in [1.807, 2.05) is 49.4 Å². The van der Waals surface area contributed by atoms with Crippen LogP contribution in [0.25, 0.3) is 0 Å². The number of carbonyl (C=O) groups excluding carboxylic acids is 2. The van der Waals surface area contributed by atoms with Crippen molar-refractivity contribution in [1.29, 1.82) is 0 Å². The molecule has 0 N–H and O–H groups in total. The Morgan fingerprint density at radius 3 is 2.04 bits per heavy atom. The number of esters is 2. The normalized spacial score (nSPS) is 20.3. The van der Waals surface area contributed by atoms with Crippen LogP contribution in [0.15, 0.2) is 48.5 Å². The Kier molecular flexibility index (Phi) is 4.96. The van der Waals surface area contributed by atoms with E-state index in [1.54, 1.807) is 7.11 Å². The quantitative estimate of drug-likeness (QED) is 0.612. The third kappa shape index (κ3) is 2.97. The zero-order valence-electron chi connectivity index (χ0n) is 16.1. The van der Waals surface area contributed by atoms with Gasteiger partial charge in [0.25, 0.3) is 0 Å². The number of hydrogen-bond donors (Lipinski definition) is 0. The summed E-state index contributed by atoms with van der Waals surface area (Å²) in [5.41, 5.74) is 1.08. The number of carbonyl (C=O) groups is 2. The molecular formula is C22H24O5. The molecule has 0 radical (unpaired) electrons. The number of rotatable bonds is 4. The maximum atomic E-state index is 12.8. The van der Waals surface area contributed by atoms with E-state index in [-0.39, 0.29) is 12.8 Å². The number of methoxy groups -OCH3 is 3. The molecule has 0 fully saturated rings. The summed E-state index contributed by atoms with van der Waals surface area (Å²) in [4.78, 5) is 25.6. The van der Waals surface area contributed by atoms with Gasteiger partial charge in [-0.2, -0.15) is 0 Å². The van der Waals surface area contributed by atoms with Gasteiger partial charge in [-0.1, -0.05) is 43.3 Å². The number of benzene rings is 2. The fraction of sp³-hybridized carbons (Fsp3) is 0.364. The van der Waals surface area contributed by atoms with Crippen molar-refractivity contribution in [2.75, 3.05) is 21.3 Å². The molecule has 0 amide bonds. The Bertz CT molecular complexity index is 839. The van der Waals surface area contributed by atoms with Gasteiger partial charge in [0.05, 0.1) is 21.3 Å². The first-order valence-electron chi connectivity index (χ1n) is 8.81. The molecule has 5 nitrogen and oxygen atoms in total. The van der Waals surface area contributed by atoms with Crippen LogP contribution in [0.3, 0.4) is 0 Å². The lowest BCUT2D eigenvalue weighted by Gasteiger charge is -2.44. The van der Waals surface area contributed by atoms with Gasteiger partial charge < -0.3 is 14.2 Å². The van der Waals surface area contributed by atoms with Crippen molar-refractivity contribution in [3.05, 3.63) is 65.2 Å². The van der Waals surface area contributed by atoms with E-state index in [4.69, 9.17) is 14.2 Å². The standard InChI is InChI=1S/C22H24O5/c1-21(16-9-11-17(25-2)12-10-16)14-22(19(23)26-3,20(24)27-4)13-15-7-5-6-8-18(15)21/h5-12H,13-14H2,1-4H3. The molecule has 0 heterocycles. The SMILES string of the molecule is COC(=O)C1(C(=O)OC)Cc2ccccc2C(C)(c2ccc(OC)cc2)C1. The van der Waals surface area contributed by atoms with E-state index >= 15 is 0 Å². The average Bonchev–Trinajstić information content (AvgIpc) is 2.72. The molecule has 27 heavy (non-hydrogen) atoms. The van der Waals surface area contributed by atoms with Crippen molar-refractivity contribution in [2.24, 2.45) is 5.41 Å². The Balaban J connectivity index is 2.22. The summed E-state index contributed by atoms with van der Waals surface area (Å²) >= 11 is 0. The molecule has 1 unspecified atom stereocenters. The minimum atomic E-state index is -1.38. The summed E-state index contributed by atoms with van der Waals surface area (Å²) in [6.45, 7) is 2.05. The van der Waals surface area contributed by atoms with Crippen LogP contribution in [0.1, 0.15) is 30.0 Å². The number of fused-ring (bicyclic) bond motifs is 1. The smallest absolute Gasteiger partial charge is 0.323 e. The minimum absolute atomic E-state index is 0.258. The van der Waals surface area contributed by atoms with Crippen molar-refractivity contribution in [3.63, 3.8) is 0 Å². The highest BCUT2D eigenvalue weighted by molar-refractivity contribution is 6.01. The minimum Gasteiger partial charge on any atom is -0.497 e. The fourth-order valence-corrected chi connectivity index (χ4v) is 4.28. The van der Waals surface area contributed by atoms with Crippen molar-refractivity contribution >= 4 is 11.9 Å². The number of hydrogen-bond acceptors (Lipinski definition) is 5. The van der Waals surface area contributed by atoms with Gasteiger partial charge in [-0.25, -0.2) is 0 Å². The van der Waals surface area contributed by atoms with E-state index in [2.05, 4.69) is 6.07 Å². The van der Waals surface area contributed by atoms with E-state index < -0.39 is 22.8 Å². The molecule has 2 aromatic carbocycles. The molecule has 5 heteroatoms. The van der Waals surface area contributed by atoms with Gasteiger partial charge in [-0.05, 0) is 41.7 Å². The molecule has 1 aliphatic carbocycles. The molecule has 142 valence electrons. The third-order valence-corrected chi connectivity index (χ3v) is 5.64. The second kappa shape index (κ2) is 7.06. The monoisotopic (exact) mass is 368 g/mol. The van der Waals surface area contributed by atoms with Crippen LogP contribution in [-0.2, 0) is 30.9 Å². The van der Waals surface area contributed by atoms with Crippen LogP contribution in [-0.4, -0.2) is 33.3 Å². The molecule has 1 aliphatic rings. The van der Waals surface area contributed by atoms with Crippen LogP contribution in [0, 0.1) is 5.41 Å². The van der Waals surface area contributed by atoms with Crippen LogP contribution in [0.4, 0.5) is 0 Å². The Labute approximate surface area is 159 Å². The predicted molar refractivity (Wildman–Crippen MR) is 101 cm³/mol. The average molecular weight is 368 g/mol. The lowest BCUT2D eigenvalue weighted by atomic mass is 9.58. The zero-order valence-corrected chi connectivity index (χ0v) is 16.1. The largest absolute Gasteiger partial charge is 0.497 e. The summed E-state index contributed by atoms with van der Waals surface area (Å²) in [7, 11) is 4.22. The number of ether oxygens (including phenoxy) is 3. The van der Waals surface area contributed by atoms with Crippen LogP contribution < -0.4 is 4.74 Å². The molecule has 0 aromatic heterocycles. The molecule has 0 aliphatic heterocycles. The first-order valence-corrected chi connectivity index (χ1v) is 8.81. The Morgan fingerprint density at radius 2 is 1.48 bits per heavy atom. The first kappa shape index (κ1) is 19.0. The van der Waals surface area contributed by atoms with Crippen LogP contribution >= 0.6 is 0 Å². The summed E-state index contributed by atoms with van der Waals surface area (Å²) in [5, 5.41) is 0. The van der Waals surface area contributed by atoms with Gasteiger partial charge in [0.1, 0.15) is 5.75 Å². The first-order chi connectivity index (χ1) is 12.9. The lowest BCUT2D eigenvalue weighted by molar-refractivity contribution is -0.171. The van der Waals surface area contributed by atoms with Crippen molar-refractivity contribution in [3.8, 4) is 5.75 Å². The van der Waals surface area contributed by atoms with Crippen molar-refractivity contribution < 1.29 is 23.8 Å². The van der Waals surface area contributed by atoms with E-state index in [1.165, 1.54) is 14.2 Å². The molecule has 0 saturated heterocycles. The third-order valence-electron chi connectivity index (χ3n) is 5.64. The van der Waals surface area contributed by atoms with E-state index in [9.17, 15) is 9.59 Å². The van der Waals surface area contributed by atoms with Crippen LogP contribution in [0.2, 0.25) is 0 Å². The summed E-state index contributed by atoms with van der Waals surface area (Å²) < 4.78 is 15.3. The highest BCUT2D eigenvalue weighted by Crippen LogP contribution is 2.50. The Hall–Kier alpha value is -2.82. The lowest BCUT2D eigenvalue weighted by Crippen LogP contribution is -2.51. The highest BCUT2D eigenvalue weighted by atomic mass is 16.5. The topological polar surface area (TPSA) is 61.8 Å². The fourth-order valence-electron chi connectivity index (χ4n) is 4.28. The summed E-state index contributed by atoms with van der Waals surface area (Å²) in [6, 6.07) is 15.6. The second-order valence-corrected chi connectivity index (χ2v) is 7.14. The van der Waals surface area contributed by atoms with E-state index in [0.29, 0.717) is 0 Å². The van der Waals surface area contributed by atoms with Gasteiger partial charge in [-0.15, -0.1) is 0 Å². The van der Waals surface area contributed by atoms with E-state index in [0.717, 1.165) is 22.4 Å². The van der Waals surface area contributed by atoms with Crippen molar-refractivity contribution in [2.45, 2.75) is 25.2 Å².